The third kappa shape index (κ3) is 3.72. The second kappa shape index (κ2) is 8.70. The van der Waals surface area contributed by atoms with Gasteiger partial charge < -0.3 is 0 Å². The van der Waals surface area contributed by atoms with E-state index >= 15 is 0 Å². The fourth-order valence-electron chi connectivity index (χ4n) is 6.27. The van der Waals surface area contributed by atoms with Crippen LogP contribution in [0.5, 0.6) is 0 Å². The van der Waals surface area contributed by atoms with Gasteiger partial charge >= 0.3 is 224 Å². The van der Waals surface area contributed by atoms with Crippen LogP contribution in [0, 0.1) is 20.8 Å². The first kappa shape index (κ1) is 23.7. The van der Waals surface area contributed by atoms with Crippen LogP contribution in [0.15, 0.2) is 78.4 Å². The van der Waals surface area contributed by atoms with Gasteiger partial charge in [0.25, 0.3) is 0 Å². The minimum absolute atomic E-state index is 0.122. The SMILES string of the molecule is CC1=Cc2c(ccc(C)c2-c2ccc(C)cc2C)[CH]1[Zr]([Cl])([Cl])[c]1cccc2c1[SiH2]c1ccccc1-2. The normalized spacial score (nSPS) is 16.7. The van der Waals surface area contributed by atoms with E-state index in [9.17, 15) is 0 Å². The molecular weight excluding hydrogens is 563 g/mol. The third-order valence-corrected chi connectivity index (χ3v) is 22.4. The Kier molecular flexibility index (Phi) is 5.89. The topological polar surface area (TPSA) is 0 Å². The Morgan fingerprint density at radius 3 is 2.31 bits per heavy atom. The zero-order valence-corrected chi connectivity index (χ0v) is 25.9. The van der Waals surface area contributed by atoms with Gasteiger partial charge in [0.05, 0.1) is 0 Å². The first-order valence-corrected chi connectivity index (χ1v) is 22.6. The van der Waals surface area contributed by atoms with Gasteiger partial charge in [0, 0.05) is 0 Å². The summed E-state index contributed by atoms with van der Waals surface area (Å²) in [4.78, 5) is 0. The fraction of sp³-hybridized carbons (Fsp3) is 0.161. The number of benzene rings is 4. The maximum absolute atomic E-state index is 7.66. The van der Waals surface area contributed by atoms with E-state index < -0.39 is 27.4 Å². The van der Waals surface area contributed by atoms with Gasteiger partial charge in [-0.25, -0.2) is 0 Å². The first-order chi connectivity index (χ1) is 16.8. The van der Waals surface area contributed by atoms with E-state index in [1.54, 1.807) is 0 Å². The number of hydrogen-bond acceptors (Lipinski definition) is 0. The van der Waals surface area contributed by atoms with Crippen LogP contribution in [0.1, 0.15) is 38.4 Å². The maximum atomic E-state index is 7.66. The van der Waals surface area contributed by atoms with E-state index in [0.29, 0.717) is 0 Å². The van der Waals surface area contributed by atoms with Crippen molar-refractivity contribution in [2.45, 2.75) is 31.3 Å². The van der Waals surface area contributed by atoms with E-state index in [1.165, 1.54) is 69.3 Å². The molecular formula is C31H28Cl2SiZr. The summed E-state index contributed by atoms with van der Waals surface area (Å²) in [5.74, 6) is 0. The average Bonchev–Trinajstić information content (AvgIpc) is 3.37. The van der Waals surface area contributed by atoms with Gasteiger partial charge in [0.15, 0.2) is 0 Å². The second-order valence-electron chi connectivity index (χ2n) is 10.2. The van der Waals surface area contributed by atoms with Crippen LogP contribution >= 0.6 is 17.0 Å². The van der Waals surface area contributed by atoms with E-state index in [4.69, 9.17) is 17.0 Å². The van der Waals surface area contributed by atoms with Crippen LogP contribution in [0.2, 0.25) is 0 Å². The van der Waals surface area contributed by atoms with Gasteiger partial charge in [-0.15, -0.1) is 0 Å². The van der Waals surface area contributed by atoms with E-state index in [2.05, 4.69) is 107 Å². The van der Waals surface area contributed by atoms with Crippen molar-refractivity contribution in [3.05, 3.63) is 106 Å². The molecule has 0 spiro atoms. The molecule has 1 atom stereocenters. The molecule has 1 heterocycles. The number of halogens is 2. The quantitative estimate of drug-likeness (QED) is 0.207. The number of aryl methyl sites for hydroxylation is 3. The summed E-state index contributed by atoms with van der Waals surface area (Å²) in [6.07, 6.45) is 2.37. The van der Waals surface area contributed by atoms with E-state index in [1.807, 2.05) is 0 Å². The fourth-order valence-corrected chi connectivity index (χ4v) is 23.4. The predicted molar refractivity (Wildman–Crippen MR) is 154 cm³/mol. The van der Waals surface area contributed by atoms with Crippen molar-refractivity contribution < 1.29 is 17.9 Å². The van der Waals surface area contributed by atoms with Gasteiger partial charge in [-0.3, -0.25) is 0 Å². The van der Waals surface area contributed by atoms with Gasteiger partial charge in [-0.1, -0.05) is 0 Å². The van der Waals surface area contributed by atoms with E-state index in [0.717, 1.165) is 0 Å². The van der Waals surface area contributed by atoms with Crippen molar-refractivity contribution in [2.24, 2.45) is 0 Å². The summed E-state index contributed by atoms with van der Waals surface area (Å²) in [6.45, 7) is 8.82. The molecule has 4 aromatic rings. The third-order valence-electron chi connectivity index (χ3n) is 7.85. The van der Waals surface area contributed by atoms with Crippen LogP contribution in [-0.4, -0.2) is 9.52 Å². The molecule has 0 saturated heterocycles. The number of fused-ring (bicyclic) bond motifs is 4. The summed E-state index contributed by atoms with van der Waals surface area (Å²) in [7, 11) is 14.7. The Balaban J connectivity index is 1.51. The summed E-state index contributed by atoms with van der Waals surface area (Å²) in [5, 5.41) is 3.00. The van der Waals surface area contributed by atoms with Crippen molar-refractivity contribution in [1.29, 1.82) is 0 Å². The molecule has 0 nitrogen and oxygen atoms in total. The molecule has 1 aliphatic carbocycles. The molecule has 174 valence electrons. The van der Waals surface area contributed by atoms with Crippen molar-refractivity contribution in [1.82, 2.24) is 0 Å². The Hall–Kier alpha value is -1.70. The van der Waals surface area contributed by atoms with Crippen LogP contribution in [0.4, 0.5) is 0 Å². The number of rotatable bonds is 3. The Labute approximate surface area is 222 Å². The monoisotopic (exact) mass is 588 g/mol. The van der Waals surface area contributed by atoms with Crippen LogP contribution in [0.25, 0.3) is 28.3 Å². The van der Waals surface area contributed by atoms with Crippen molar-refractivity contribution in [3.63, 3.8) is 0 Å². The van der Waals surface area contributed by atoms with Crippen LogP contribution < -0.4 is 13.6 Å². The zero-order valence-electron chi connectivity index (χ0n) is 20.5. The molecule has 4 aromatic carbocycles. The predicted octanol–water partition coefficient (Wildman–Crippen LogP) is 6.62. The second-order valence-corrected chi connectivity index (χ2v) is 26.0. The van der Waals surface area contributed by atoms with Gasteiger partial charge in [-0.05, 0) is 0 Å². The molecule has 35 heavy (non-hydrogen) atoms. The standard InChI is InChI=1S/C19H19.C12H9Si.2ClH.Zr/c1-12-5-8-17(15(4)9-12)19-14(3)6-7-16-10-13(2)11-18(16)19;1-3-7-11-9(5-1)10-6-2-4-8-12(10)13-11;;;/h5-11H,1-4H3;1-7H,13H2;2*1H;/q;;;;+2/p-2. The van der Waals surface area contributed by atoms with Gasteiger partial charge in [0.2, 0.25) is 0 Å². The average molecular weight is 591 g/mol. The Bertz CT molecular complexity index is 1550. The zero-order chi connectivity index (χ0) is 24.5. The summed E-state index contributed by atoms with van der Waals surface area (Å²) >= 11 is -3.87. The molecule has 0 fully saturated rings. The van der Waals surface area contributed by atoms with Crippen LogP contribution in [0.3, 0.4) is 0 Å². The Morgan fingerprint density at radius 2 is 1.51 bits per heavy atom. The van der Waals surface area contributed by atoms with Gasteiger partial charge in [0.1, 0.15) is 0 Å². The number of hydrogen-bond donors (Lipinski definition) is 0. The van der Waals surface area contributed by atoms with Gasteiger partial charge in [-0.2, -0.15) is 0 Å². The summed E-state index contributed by atoms with van der Waals surface area (Å²) in [5.41, 5.74) is 13.2. The molecule has 0 amide bonds. The molecule has 1 aliphatic heterocycles. The van der Waals surface area contributed by atoms with E-state index in [-0.39, 0.29) is 3.63 Å². The van der Waals surface area contributed by atoms with Crippen molar-refractivity contribution in [3.8, 4) is 22.3 Å². The Morgan fingerprint density at radius 1 is 0.743 bits per heavy atom. The summed E-state index contributed by atoms with van der Waals surface area (Å²) in [6, 6.07) is 26.9. The van der Waals surface area contributed by atoms with Crippen molar-refractivity contribution >= 4 is 46.3 Å². The molecule has 0 bridgehead atoms. The first-order valence-electron chi connectivity index (χ1n) is 12.2. The molecule has 2 aliphatic rings. The molecule has 0 radical (unpaired) electrons. The molecule has 0 saturated carbocycles. The molecule has 0 aromatic heterocycles. The summed E-state index contributed by atoms with van der Waals surface area (Å²) < 4.78 is 1.42. The molecule has 1 unspecified atom stereocenters. The minimum atomic E-state index is -3.87. The van der Waals surface area contributed by atoms with Crippen LogP contribution in [-0.2, 0) is 17.9 Å². The molecule has 6 rings (SSSR count). The van der Waals surface area contributed by atoms with Crippen molar-refractivity contribution in [2.75, 3.05) is 0 Å². The molecule has 4 heteroatoms. The molecule has 0 N–H and O–H groups in total. The number of allylic oxidation sites excluding steroid dienone is 1.